The van der Waals surface area contributed by atoms with Gasteiger partial charge in [0.05, 0.1) is 6.04 Å². The molecular formula is C13H14FN3O2. The van der Waals surface area contributed by atoms with Crippen LogP contribution in [0.15, 0.2) is 29.1 Å². The second kappa shape index (κ2) is 5.19. The number of hydrogen-bond donors (Lipinski definition) is 3. The minimum atomic E-state index is -0.502. The summed E-state index contributed by atoms with van der Waals surface area (Å²) in [5, 5.41) is 9.86. The monoisotopic (exact) mass is 263 g/mol. The summed E-state index contributed by atoms with van der Waals surface area (Å²) in [5.41, 5.74) is 5.64. The van der Waals surface area contributed by atoms with Crippen molar-refractivity contribution in [3.8, 4) is 17.0 Å². The number of aromatic nitrogens is 2. The van der Waals surface area contributed by atoms with Crippen molar-refractivity contribution in [3.05, 3.63) is 46.3 Å². The molecule has 0 saturated heterocycles. The number of nitrogens with zero attached hydrogens (tertiary/aromatic N) is 1. The van der Waals surface area contributed by atoms with Gasteiger partial charge in [-0.1, -0.05) is 19.1 Å². The molecule has 1 heterocycles. The topological polar surface area (TPSA) is 92.0 Å². The Labute approximate surface area is 108 Å². The van der Waals surface area contributed by atoms with Crippen LogP contribution in [0.5, 0.6) is 5.88 Å². The molecule has 0 saturated carbocycles. The van der Waals surface area contributed by atoms with Crippen LogP contribution in [-0.4, -0.2) is 15.1 Å². The summed E-state index contributed by atoms with van der Waals surface area (Å²) in [4.78, 5) is 18.4. The van der Waals surface area contributed by atoms with Gasteiger partial charge in [-0.15, -0.1) is 0 Å². The molecule has 1 atom stereocenters. The highest BCUT2D eigenvalue weighted by atomic mass is 19.1. The van der Waals surface area contributed by atoms with E-state index >= 15 is 0 Å². The van der Waals surface area contributed by atoms with E-state index in [9.17, 15) is 14.3 Å². The van der Waals surface area contributed by atoms with Crippen LogP contribution in [0.4, 0.5) is 4.39 Å². The van der Waals surface area contributed by atoms with Crippen molar-refractivity contribution in [2.45, 2.75) is 19.4 Å². The molecule has 2 aromatic rings. The number of nitrogens with two attached hydrogens (primary N) is 1. The van der Waals surface area contributed by atoms with E-state index in [-0.39, 0.29) is 11.4 Å². The van der Waals surface area contributed by atoms with Crippen molar-refractivity contribution in [1.82, 2.24) is 9.97 Å². The number of aromatic hydroxyl groups is 1. The fraction of sp³-hybridized carbons (Fsp3) is 0.231. The summed E-state index contributed by atoms with van der Waals surface area (Å²) < 4.78 is 12.8. The Morgan fingerprint density at radius 2 is 2.05 bits per heavy atom. The zero-order valence-electron chi connectivity index (χ0n) is 10.4. The Hall–Kier alpha value is -2.21. The van der Waals surface area contributed by atoms with Crippen LogP contribution in [0.2, 0.25) is 0 Å². The van der Waals surface area contributed by atoms with Crippen LogP contribution in [0.25, 0.3) is 11.1 Å². The highest BCUT2D eigenvalue weighted by Crippen LogP contribution is 2.24. The van der Waals surface area contributed by atoms with E-state index in [2.05, 4.69) is 9.97 Å². The third-order valence-corrected chi connectivity index (χ3v) is 2.84. The van der Waals surface area contributed by atoms with Crippen LogP contribution in [0, 0.1) is 5.82 Å². The minimum absolute atomic E-state index is 0.00653. The number of nitrogens with one attached hydrogen (secondary N) is 1. The molecule has 0 spiro atoms. The maximum Gasteiger partial charge on any atom is 0.262 e. The summed E-state index contributed by atoms with van der Waals surface area (Å²) in [6.07, 6.45) is 0.582. The molecule has 0 amide bonds. The predicted molar refractivity (Wildman–Crippen MR) is 69.1 cm³/mol. The average molecular weight is 263 g/mol. The van der Waals surface area contributed by atoms with E-state index in [1.54, 1.807) is 0 Å². The van der Waals surface area contributed by atoms with Gasteiger partial charge in [0.2, 0.25) is 5.88 Å². The van der Waals surface area contributed by atoms with Gasteiger partial charge in [0.15, 0.2) is 0 Å². The van der Waals surface area contributed by atoms with Gasteiger partial charge in [0.25, 0.3) is 5.56 Å². The third kappa shape index (κ3) is 2.63. The first-order chi connectivity index (χ1) is 9.02. The fourth-order valence-corrected chi connectivity index (χ4v) is 1.72. The molecular weight excluding hydrogens is 249 g/mol. The zero-order valence-corrected chi connectivity index (χ0v) is 10.4. The lowest BCUT2D eigenvalue weighted by molar-refractivity contribution is 0.446. The molecule has 0 aliphatic heterocycles. The molecule has 0 radical (unpaired) electrons. The van der Waals surface area contributed by atoms with Crippen molar-refractivity contribution in [3.63, 3.8) is 0 Å². The van der Waals surface area contributed by atoms with Gasteiger partial charge in [-0.25, -0.2) is 4.39 Å². The van der Waals surface area contributed by atoms with Crippen LogP contribution in [0.1, 0.15) is 25.2 Å². The van der Waals surface area contributed by atoms with E-state index in [0.717, 1.165) is 0 Å². The van der Waals surface area contributed by atoms with Gasteiger partial charge >= 0.3 is 0 Å². The maximum atomic E-state index is 12.8. The molecule has 100 valence electrons. The second-order valence-corrected chi connectivity index (χ2v) is 4.17. The van der Waals surface area contributed by atoms with Gasteiger partial charge in [-0.3, -0.25) is 4.79 Å². The molecule has 6 heteroatoms. The van der Waals surface area contributed by atoms with Gasteiger partial charge in [0.1, 0.15) is 17.2 Å². The molecule has 1 aromatic carbocycles. The zero-order chi connectivity index (χ0) is 14.0. The molecule has 2 rings (SSSR count). The van der Waals surface area contributed by atoms with Crippen molar-refractivity contribution < 1.29 is 9.50 Å². The third-order valence-electron chi connectivity index (χ3n) is 2.84. The number of rotatable bonds is 3. The summed E-state index contributed by atoms with van der Waals surface area (Å²) >= 11 is 0. The van der Waals surface area contributed by atoms with E-state index in [0.29, 0.717) is 12.0 Å². The highest BCUT2D eigenvalue weighted by Gasteiger charge is 2.15. The van der Waals surface area contributed by atoms with Gasteiger partial charge in [0, 0.05) is 0 Å². The molecule has 0 fully saturated rings. The SMILES string of the molecule is CCC(N)c1nc(O)c(-c2ccc(F)cc2)c(=O)[nH]1. The van der Waals surface area contributed by atoms with Gasteiger partial charge < -0.3 is 15.8 Å². The van der Waals surface area contributed by atoms with E-state index in [4.69, 9.17) is 5.73 Å². The molecule has 19 heavy (non-hydrogen) atoms. The molecule has 0 aliphatic carbocycles. The molecule has 0 aliphatic rings. The average Bonchev–Trinajstić information content (AvgIpc) is 2.39. The molecule has 0 bridgehead atoms. The first kappa shape index (κ1) is 13.2. The Morgan fingerprint density at radius 3 is 2.58 bits per heavy atom. The predicted octanol–water partition coefficient (Wildman–Crippen LogP) is 1.69. The van der Waals surface area contributed by atoms with E-state index < -0.39 is 23.3 Å². The lowest BCUT2D eigenvalue weighted by Gasteiger charge is -2.10. The minimum Gasteiger partial charge on any atom is -0.493 e. The quantitative estimate of drug-likeness (QED) is 0.785. The molecule has 1 unspecified atom stereocenters. The highest BCUT2D eigenvalue weighted by molar-refractivity contribution is 5.67. The van der Waals surface area contributed by atoms with Crippen molar-refractivity contribution in [2.75, 3.05) is 0 Å². The Balaban J connectivity index is 2.54. The van der Waals surface area contributed by atoms with Gasteiger partial charge in [-0.05, 0) is 24.1 Å². The standard InChI is InChI=1S/C13H14FN3O2/c1-2-9(15)11-16-12(18)10(13(19)17-11)7-3-5-8(14)6-4-7/h3-6,9H,2,15H2,1H3,(H2,16,17,18,19). The number of halogens is 1. The summed E-state index contributed by atoms with van der Waals surface area (Å²) in [5.74, 6) is -0.595. The van der Waals surface area contributed by atoms with E-state index in [1.807, 2.05) is 6.92 Å². The van der Waals surface area contributed by atoms with E-state index in [1.165, 1.54) is 24.3 Å². The summed E-state index contributed by atoms with van der Waals surface area (Å²) in [7, 11) is 0. The lowest BCUT2D eigenvalue weighted by atomic mass is 10.1. The number of H-pyrrole nitrogens is 1. The number of aromatic amines is 1. The van der Waals surface area contributed by atoms with Crippen LogP contribution < -0.4 is 11.3 Å². The number of hydrogen-bond acceptors (Lipinski definition) is 4. The summed E-state index contributed by atoms with van der Waals surface area (Å²) in [6, 6.07) is 4.78. The van der Waals surface area contributed by atoms with Crippen molar-refractivity contribution >= 4 is 0 Å². The lowest BCUT2D eigenvalue weighted by Crippen LogP contribution is -2.20. The second-order valence-electron chi connectivity index (χ2n) is 4.17. The number of benzene rings is 1. The Bertz CT molecular complexity index is 637. The normalized spacial score (nSPS) is 12.4. The summed E-state index contributed by atoms with van der Waals surface area (Å²) in [6.45, 7) is 1.84. The molecule has 5 nitrogen and oxygen atoms in total. The molecule has 1 aromatic heterocycles. The van der Waals surface area contributed by atoms with Crippen molar-refractivity contribution in [1.29, 1.82) is 0 Å². The maximum absolute atomic E-state index is 12.8. The van der Waals surface area contributed by atoms with Gasteiger partial charge in [-0.2, -0.15) is 4.98 Å². The first-order valence-corrected chi connectivity index (χ1v) is 5.87. The Kier molecular flexibility index (Phi) is 3.62. The smallest absolute Gasteiger partial charge is 0.262 e. The fourth-order valence-electron chi connectivity index (χ4n) is 1.72. The largest absolute Gasteiger partial charge is 0.493 e. The van der Waals surface area contributed by atoms with Crippen molar-refractivity contribution in [2.24, 2.45) is 5.73 Å². The first-order valence-electron chi connectivity index (χ1n) is 5.87. The Morgan fingerprint density at radius 1 is 1.42 bits per heavy atom. The molecule has 4 N–H and O–H groups in total. The van der Waals surface area contributed by atoms with Crippen LogP contribution in [0.3, 0.4) is 0 Å². The van der Waals surface area contributed by atoms with Crippen LogP contribution in [-0.2, 0) is 0 Å². The van der Waals surface area contributed by atoms with Crippen LogP contribution >= 0.6 is 0 Å².